The Morgan fingerprint density at radius 2 is 1.55 bits per heavy atom. The highest BCUT2D eigenvalue weighted by molar-refractivity contribution is 7.86. The minimum absolute atomic E-state index is 0.288. The van der Waals surface area contributed by atoms with Gasteiger partial charge in [0.2, 0.25) is 5.88 Å². The summed E-state index contributed by atoms with van der Waals surface area (Å²) in [5, 5.41) is 1.57. The molecule has 0 saturated carbocycles. The minimum Gasteiger partial charge on any atom is -0.439 e. The van der Waals surface area contributed by atoms with Crippen molar-refractivity contribution in [2.75, 3.05) is 23.0 Å². The number of fused-ring (bicyclic) bond motifs is 2. The van der Waals surface area contributed by atoms with E-state index >= 15 is 0 Å². The molecule has 2 heterocycles. The Bertz CT molecular complexity index is 1840. The molecule has 0 fully saturated rings. The van der Waals surface area contributed by atoms with Gasteiger partial charge in [0.15, 0.2) is 5.75 Å². The summed E-state index contributed by atoms with van der Waals surface area (Å²) < 4.78 is 70.8. The molecular weight excluding hydrogens is 618 g/mol. The fraction of sp³-hybridized carbons (Fsp3) is 0.267. The van der Waals surface area contributed by atoms with Gasteiger partial charge < -0.3 is 9.64 Å². The van der Waals surface area contributed by atoms with Crippen molar-refractivity contribution in [2.45, 2.75) is 32.1 Å². The topological polar surface area (TPSA) is 121 Å². The second-order valence-electron chi connectivity index (χ2n) is 10.1. The van der Waals surface area contributed by atoms with Crippen LogP contribution < -0.4 is 9.64 Å². The number of unbranched alkanes of at least 4 members (excludes halogenated alkanes) is 2. The van der Waals surface area contributed by atoms with Gasteiger partial charge in [-0.1, -0.05) is 48.0 Å². The lowest BCUT2D eigenvalue weighted by molar-refractivity contribution is 0.442. The van der Waals surface area contributed by atoms with Crippen molar-refractivity contribution in [3.8, 4) is 16.9 Å². The third-order valence-corrected chi connectivity index (χ3v) is 9.99. The zero-order chi connectivity index (χ0) is 29.9. The highest BCUT2D eigenvalue weighted by atomic mass is 35.5. The number of hydrogen-bond donors (Lipinski definition) is 2. The molecular formula is C30H30ClNO7S3. The second-order valence-corrected chi connectivity index (χ2v) is 14.8. The standard InChI is InChI=1S/C30H30ClNO7S3/c31-23-12-14-28-25(19-23)24(10-4-6-16-41(33,34)35)29(40-28)20-30-32(15-5-7-17-42(36,37)38)26-18-22(11-13-27(26)39-30)21-8-2-1-3-9-21/h1-3,8-9,11-14,18-20H,4-7,10,15-17H2,(H,33,34,35)(H,36,37,38)/b30-20-. The normalized spacial score (nSPS) is 14.5. The smallest absolute Gasteiger partial charge is 0.264 e. The molecule has 0 saturated heterocycles. The molecule has 42 heavy (non-hydrogen) atoms. The van der Waals surface area contributed by atoms with E-state index in [1.807, 2.05) is 71.6 Å². The van der Waals surface area contributed by atoms with Crippen molar-refractivity contribution in [2.24, 2.45) is 0 Å². The molecule has 2 N–H and O–H groups in total. The number of halogens is 1. The first-order valence-electron chi connectivity index (χ1n) is 13.4. The van der Waals surface area contributed by atoms with Crippen LogP contribution in [0.15, 0.2) is 72.6 Å². The maximum Gasteiger partial charge on any atom is 0.264 e. The first kappa shape index (κ1) is 30.5. The Kier molecular flexibility index (Phi) is 9.26. The zero-order valence-electron chi connectivity index (χ0n) is 22.6. The number of benzene rings is 3. The number of thiophene rings is 1. The van der Waals surface area contributed by atoms with Crippen molar-refractivity contribution < 1.29 is 30.7 Å². The van der Waals surface area contributed by atoms with Gasteiger partial charge >= 0.3 is 0 Å². The van der Waals surface area contributed by atoms with E-state index in [1.54, 1.807) is 11.3 Å². The Morgan fingerprint density at radius 3 is 2.26 bits per heavy atom. The van der Waals surface area contributed by atoms with E-state index in [1.165, 1.54) is 0 Å². The van der Waals surface area contributed by atoms with Crippen molar-refractivity contribution in [3.05, 3.63) is 88.1 Å². The number of nitrogens with zero attached hydrogens (tertiary/aromatic N) is 1. The summed E-state index contributed by atoms with van der Waals surface area (Å²) in [5.41, 5.74) is 3.93. The highest BCUT2D eigenvalue weighted by Crippen LogP contribution is 2.44. The first-order chi connectivity index (χ1) is 20.0. The van der Waals surface area contributed by atoms with Gasteiger partial charge in [-0.2, -0.15) is 16.8 Å². The van der Waals surface area contributed by atoms with Gasteiger partial charge in [-0.15, -0.1) is 11.3 Å². The molecule has 222 valence electrons. The van der Waals surface area contributed by atoms with Gasteiger partial charge in [-0.05, 0) is 84.5 Å². The molecule has 0 spiro atoms. The highest BCUT2D eigenvalue weighted by Gasteiger charge is 2.28. The number of rotatable bonds is 12. The maximum atomic E-state index is 11.3. The lowest BCUT2D eigenvalue weighted by atomic mass is 10.0. The molecule has 8 nitrogen and oxygen atoms in total. The summed E-state index contributed by atoms with van der Waals surface area (Å²) in [4.78, 5) is 2.96. The van der Waals surface area contributed by atoms with Crippen LogP contribution in [-0.4, -0.2) is 44.0 Å². The number of aryl methyl sites for hydroxylation is 1. The molecule has 0 amide bonds. The fourth-order valence-electron chi connectivity index (χ4n) is 5.02. The SMILES string of the molecule is O=S(=O)(O)CCCCc1c(/C=C2\Oc3ccc(-c4ccccc4)cc3N2CCCCS(=O)(=O)O)sc2ccc(Cl)cc12. The van der Waals surface area contributed by atoms with E-state index < -0.39 is 20.2 Å². The van der Waals surface area contributed by atoms with E-state index in [2.05, 4.69) is 6.07 Å². The third-order valence-electron chi connectivity index (χ3n) is 6.99. The molecule has 0 unspecified atom stereocenters. The van der Waals surface area contributed by atoms with Gasteiger partial charge in [0.1, 0.15) is 0 Å². The predicted molar refractivity (Wildman–Crippen MR) is 170 cm³/mol. The van der Waals surface area contributed by atoms with Crippen molar-refractivity contribution in [3.63, 3.8) is 0 Å². The average Bonchev–Trinajstić information content (AvgIpc) is 3.44. The molecule has 12 heteroatoms. The zero-order valence-corrected chi connectivity index (χ0v) is 25.8. The summed E-state index contributed by atoms with van der Waals surface area (Å²) >= 11 is 7.90. The van der Waals surface area contributed by atoms with E-state index in [-0.39, 0.29) is 17.9 Å². The van der Waals surface area contributed by atoms with Crippen LogP contribution >= 0.6 is 22.9 Å². The lowest BCUT2D eigenvalue weighted by Crippen LogP contribution is -2.22. The predicted octanol–water partition coefficient (Wildman–Crippen LogP) is 7.30. The summed E-state index contributed by atoms with van der Waals surface area (Å²) in [6.45, 7) is 0.465. The summed E-state index contributed by atoms with van der Waals surface area (Å²) in [6.07, 6.45) is 4.19. The van der Waals surface area contributed by atoms with Crippen LogP contribution in [0.3, 0.4) is 0 Å². The molecule has 0 radical (unpaired) electrons. The fourth-order valence-corrected chi connectivity index (χ4v) is 7.49. The monoisotopic (exact) mass is 647 g/mol. The van der Waals surface area contributed by atoms with Gasteiger partial charge in [-0.3, -0.25) is 9.11 Å². The molecule has 4 aromatic rings. The van der Waals surface area contributed by atoms with Crippen molar-refractivity contribution in [1.82, 2.24) is 0 Å². The number of ether oxygens (including phenoxy) is 1. The molecule has 0 aliphatic carbocycles. The van der Waals surface area contributed by atoms with Crippen LogP contribution in [0, 0.1) is 0 Å². The second kappa shape index (κ2) is 12.7. The van der Waals surface area contributed by atoms with Crippen LogP contribution in [0.1, 0.15) is 36.1 Å². The Hall–Kier alpha value is -2.93. The molecule has 1 aliphatic rings. The van der Waals surface area contributed by atoms with E-state index in [9.17, 15) is 21.4 Å². The van der Waals surface area contributed by atoms with Crippen LogP contribution in [0.2, 0.25) is 5.02 Å². The van der Waals surface area contributed by atoms with Gasteiger partial charge in [0, 0.05) is 27.2 Å². The molecule has 1 aromatic heterocycles. The average molecular weight is 648 g/mol. The lowest BCUT2D eigenvalue weighted by Gasteiger charge is -2.19. The maximum absolute atomic E-state index is 11.3. The molecule has 3 aromatic carbocycles. The van der Waals surface area contributed by atoms with Crippen molar-refractivity contribution >= 4 is 65.0 Å². The van der Waals surface area contributed by atoms with Crippen molar-refractivity contribution in [1.29, 1.82) is 0 Å². The van der Waals surface area contributed by atoms with E-state index in [0.29, 0.717) is 48.9 Å². The largest absolute Gasteiger partial charge is 0.439 e. The number of anilines is 1. The Labute approximate surface area is 254 Å². The molecule has 0 bridgehead atoms. The van der Waals surface area contributed by atoms with Crippen LogP contribution in [0.4, 0.5) is 5.69 Å². The summed E-state index contributed by atoms with van der Waals surface area (Å²) in [7, 11) is -8.09. The van der Waals surface area contributed by atoms with Crippen LogP contribution in [0.5, 0.6) is 5.75 Å². The first-order valence-corrected chi connectivity index (χ1v) is 17.9. The quantitative estimate of drug-likeness (QED) is 0.121. The molecule has 5 rings (SSSR count). The third kappa shape index (κ3) is 7.71. The van der Waals surface area contributed by atoms with Crippen LogP contribution in [0.25, 0.3) is 27.3 Å². The summed E-state index contributed by atoms with van der Waals surface area (Å²) in [5.74, 6) is 0.641. The Morgan fingerprint density at radius 1 is 0.833 bits per heavy atom. The minimum atomic E-state index is -4.06. The van der Waals surface area contributed by atoms with Gasteiger partial charge in [-0.25, -0.2) is 0 Å². The molecule has 0 atom stereocenters. The molecule has 1 aliphatic heterocycles. The number of hydrogen-bond acceptors (Lipinski definition) is 7. The van der Waals surface area contributed by atoms with Gasteiger partial charge in [0.05, 0.1) is 17.2 Å². The van der Waals surface area contributed by atoms with Gasteiger partial charge in [0.25, 0.3) is 20.2 Å². The Balaban J connectivity index is 1.50. The van der Waals surface area contributed by atoms with E-state index in [4.69, 9.17) is 20.9 Å². The van der Waals surface area contributed by atoms with E-state index in [0.717, 1.165) is 37.3 Å². The summed E-state index contributed by atoms with van der Waals surface area (Å²) in [6, 6.07) is 21.6. The van der Waals surface area contributed by atoms with Crippen LogP contribution in [-0.2, 0) is 26.7 Å².